The summed E-state index contributed by atoms with van der Waals surface area (Å²) in [5, 5.41) is 7.16. The maximum atomic E-state index is 13.5. The molecule has 0 fully saturated rings. The van der Waals surface area contributed by atoms with Gasteiger partial charge in [-0.25, -0.2) is 13.9 Å². The zero-order chi connectivity index (χ0) is 20.5. The highest BCUT2D eigenvalue weighted by Crippen LogP contribution is 2.36. The van der Waals surface area contributed by atoms with E-state index in [-0.39, 0.29) is 17.6 Å². The van der Waals surface area contributed by atoms with Crippen LogP contribution in [0.4, 0.5) is 10.1 Å². The van der Waals surface area contributed by atoms with E-state index in [2.05, 4.69) is 10.4 Å². The molecule has 1 aliphatic rings. The van der Waals surface area contributed by atoms with Crippen LogP contribution in [0.25, 0.3) is 5.69 Å². The average molecular weight is 393 g/mol. The molecular weight excluding hydrogens is 373 g/mol. The monoisotopic (exact) mass is 393 g/mol. The largest absolute Gasteiger partial charge is 0.462 e. The molecule has 1 aromatic heterocycles. The number of amides is 1. The van der Waals surface area contributed by atoms with E-state index in [1.165, 1.54) is 18.3 Å². The highest BCUT2D eigenvalue weighted by molar-refractivity contribution is 5.98. The van der Waals surface area contributed by atoms with Crippen molar-refractivity contribution in [2.45, 2.75) is 26.2 Å². The highest BCUT2D eigenvalue weighted by Gasteiger charge is 2.32. The quantitative estimate of drug-likeness (QED) is 0.670. The Morgan fingerprint density at radius 3 is 2.90 bits per heavy atom. The number of halogens is 1. The van der Waals surface area contributed by atoms with E-state index in [0.717, 1.165) is 11.1 Å². The molecule has 1 N–H and O–H groups in total. The number of nitrogens with zero attached hydrogens (tertiary/aromatic N) is 2. The van der Waals surface area contributed by atoms with E-state index in [4.69, 9.17) is 4.74 Å². The van der Waals surface area contributed by atoms with Gasteiger partial charge in [0, 0.05) is 5.69 Å². The van der Waals surface area contributed by atoms with Crippen LogP contribution < -0.4 is 5.32 Å². The molecule has 0 spiro atoms. The first kappa shape index (κ1) is 18.9. The van der Waals surface area contributed by atoms with Gasteiger partial charge in [0.25, 0.3) is 0 Å². The Bertz CT molecular complexity index is 1110. The molecule has 0 saturated heterocycles. The molecule has 1 unspecified atom stereocenters. The fourth-order valence-electron chi connectivity index (χ4n) is 3.53. The molecule has 3 aromatic rings. The van der Waals surface area contributed by atoms with Crippen molar-refractivity contribution in [1.82, 2.24) is 9.78 Å². The summed E-state index contributed by atoms with van der Waals surface area (Å²) in [6, 6.07) is 11.7. The van der Waals surface area contributed by atoms with Crippen molar-refractivity contribution in [1.29, 1.82) is 0 Å². The van der Waals surface area contributed by atoms with Crippen LogP contribution in [0.15, 0.2) is 48.7 Å². The molecule has 29 heavy (non-hydrogen) atoms. The van der Waals surface area contributed by atoms with Gasteiger partial charge in [0.1, 0.15) is 11.4 Å². The Hall–Kier alpha value is -3.48. The summed E-state index contributed by atoms with van der Waals surface area (Å²) in [5.74, 6) is -1.29. The highest BCUT2D eigenvalue weighted by atomic mass is 19.1. The number of aromatic nitrogens is 2. The minimum Gasteiger partial charge on any atom is -0.462 e. The Balaban J connectivity index is 1.53. The van der Waals surface area contributed by atoms with Crippen LogP contribution in [0.3, 0.4) is 0 Å². The van der Waals surface area contributed by atoms with Crippen molar-refractivity contribution in [3.05, 3.63) is 76.9 Å². The number of esters is 1. The molecule has 0 saturated carbocycles. The fourth-order valence-corrected chi connectivity index (χ4v) is 3.53. The molecular formula is C22H20FN3O3. The van der Waals surface area contributed by atoms with E-state index in [1.807, 2.05) is 6.07 Å². The number of carbonyl (C=O) groups is 2. The number of fused-ring (bicyclic) bond motifs is 1. The summed E-state index contributed by atoms with van der Waals surface area (Å²) in [7, 11) is 0. The van der Waals surface area contributed by atoms with Gasteiger partial charge in [0.05, 0.1) is 30.1 Å². The summed E-state index contributed by atoms with van der Waals surface area (Å²) in [6.07, 6.45) is 2.07. The molecule has 0 radical (unpaired) electrons. The summed E-state index contributed by atoms with van der Waals surface area (Å²) in [6.45, 7) is 3.82. The van der Waals surface area contributed by atoms with Crippen LogP contribution in [0.1, 0.15) is 40.0 Å². The third kappa shape index (κ3) is 3.51. The van der Waals surface area contributed by atoms with Crippen LogP contribution in [0.2, 0.25) is 0 Å². The number of hydrogen-bond acceptors (Lipinski definition) is 4. The van der Waals surface area contributed by atoms with Gasteiger partial charge in [0.2, 0.25) is 5.91 Å². The maximum absolute atomic E-state index is 13.5. The standard InChI is InChI=1S/C22H20FN3O3/c1-3-29-22(28)20-12-24-26(13(20)2)17-6-4-5-16(11-17)25-21(27)19-9-14-7-8-15(23)10-18(14)19/h4-8,10-12,19H,3,9H2,1-2H3,(H,25,27). The van der Waals surface area contributed by atoms with Crippen molar-refractivity contribution in [2.75, 3.05) is 11.9 Å². The van der Waals surface area contributed by atoms with Gasteiger partial charge in [-0.05, 0) is 61.7 Å². The van der Waals surface area contributed by atoms with E-state index >= 15 is 0 Å². The first-order chi connectivity index (χ1) is 14.0. The topological polar surface area (TPSA) is 73.2 Å². The molecule has 0 aliphatic heterocycles. The van der Waals surface area contributed by atoms with Crippen LogP contribution >= 0.6 is 0 Å². The number of carbonyl (C=O) groups excluding carboxylic acids is 2. The lowest BCUT2D eigenvalue weighted by Crippen LogP contribution is -2.30. The average Bonchev–Trinajstić information content (AvgIpc) is 3.06. The second-order valence-electron chi connectivity index (χ2n) is 6.92. The number of nitrogens with one attached hydrogen (secondary N) is 1. The predicted octanol–water partition coefficient (Wildman–Crippen LogP) is 3.77. The van der Waals surface area contributed by atoms with Gasteiger partial charge >= 0.3 is 5.97 Å². The summed E-state index contributed by atoms with van der Waals surface area (Å²) >= 11 is 0. The molecule has 148 valence electrons. The minimum atomic E-state index is -0.420. The van der Waals surface area contributed by atoms with E-state index in [1.54, 1.807) is 42.8 Å². The zero-order valence-corrected chi connectivity index (χ0v) is 16.1. The molecule has 1 amide bonds. The third-order valence-corrected chi connectivity index (χ3v) is 5.09. The van der Waals surface area contributed by atoms with Crippen molar-refractivity contribution in [2.24, 2.45) is 0 Å². The van der Waals surface area contributed by atoms with Crippen molar-refractivity contribution in [3.63, 3.8) is 0 Å². The fraction of sp³-hybridized carbons (Fsp3) is 0.227. The van der Waals surface area contributed by atoms with Gasteiger partial charge in [-0.3, -0.25) is 4.79 Å². The third-order valence-electron chi connectivity index (χ3n) is 5.09. The second kappa shape index (κ2) is 7.50. The zero-order valence-electron chi connectivity index (χ0n) is 16.1. The van der Waals surface area contributed by atoms with Gasteiger partial charge in [-0.1, -0.05) is 12.1 Å². The smallest absolute Gasteiger partial charge is 0.341 e. The SMILES string of the molecule is CCOC(=O)c1cnn(-c2cccc(NC(=O)C3Cc4ccc(F)cc43)c2)c1C. The lowest BCUT2D eigenvalue weighted by molar-refractivity contribution is -0.118. The first-order valence-electron chi connectivity index (χ1n) is 9.39. The van der Waals surface area contributed by atoms with Crippen LogP contribution in [0, 0.1) is 12.7 Å². The van der Waals surface area contributed by atoms with Crippen LogP contribution in [0.5, 0.6) is 0 Å². The van der Waals surface area contributed by atoms with Crippen molar-refractivity contribution >= 4 is 17.6 Å². The predicted molar refractivity (Wildman–Crippen MR) is 106 cm³/mol. The number of ether oxygens (including phenoxy) is 1. The molecule has 1 aliphatic carbocycles. The summed E-state index contributed by atoms with van der Waals surface area (Å²) in [5.41, 5.74) is 4.09. The molecule has 1 atom stereocenters. The van der Waals surface area contributed by atoms with E-state index < -0.39 is 5.97 Å². The molecule has 1 heterocycles. The first-order valence-corrected chi connectivity index (χ1v) is 9.39. The van der Waals surface area contributed by atoms with E-state index in [9.17, 15) is 14.0 Å². The summed E-state index contributed by atoms with van der Waals surface area (Å²) < 4.78 is 20.1. The van der Waals surface area contributed by atoms with E-state index in [0.29, 0.717) is 35.7 Å². The Morgan fingerprint density at radius 2 is 2.10 bits per heavy atom. The van der Waals surface area contributed by atoms with Crippen LogP contribution in [-0.2, 0) is 16.0 Å². The Labute approximate surface area is 167 Å². The van der Waals surface area contributed by atoms with Crippen LogP contribution in [-0.4, -0.2) is 28.3 Å². The lowest BCUT2D eigenvalue weighted by Gasteiger charge is -2.29. The van der Waals surface area contributed by atoms with Gasteiger partial charge in [0.15, 0.2) is 0 Å². The van der Waals surface area contributed by atoms with Crippen molar-refractivity contribution in [3.8, 4) is 5.69 Å². The molecule has 6 nitrogen and oxygen atoms in total. The number of anilines is 1. The lowest BCUT2D eigenvalue weighted by atomic mass is 9.77. The second-order valence-corrected chi connectivity index (χ2v) is 6.92. The maximum Gasteiger partial charge on any atom is 0.341 e. The van der Waals surface area contributed by atoms with Gasteiger partial charge in [-0.2, -0.15) is 5.10 Å². The van der Waals surface area contributed by atoms with Gasteiger partial charge < -0.3 is 10.1 Å². The number of rotatable bonds is 5. The molecule has 2 aromatic carbocycles. The Kier molecular flexibility index (Phi) is 4.88. The molecule has 4 rings (SSSR count). The summed E-state index contributed by atoms with van der Waals surface area (Å²) in [4.78, 5) is 24.6. The normalized spacial score (nSPS) is 14.7. The number of benzene rings is 2. The minimum absolute atomic E-state index is 0.176. The Morgan fingerprint density at radius 1 is 1.28 bits per heavy atom. The number of hydrogen-bond donors (Lipinski definition) is 1. The molecule has 0 bridgehead atoms. The molecule has 7 heteroatoms. The van der Waals surface area contributed by atoms with Gasteiger partial charge in [-0.15, -0.1) is 0 Å². The van der Waals surface area contributed by atoms with Crippen molar-refractivity contribution < 1.29 is 18.7 Å².